The highest BCUT2D eigenvalue weighted by molar-refractivity contribution is 5.31. The third-order valence-corrected chi connectivity index (χ3v) is 8.22. The minimum Gasteiger partial charge on any atom is -0.346 e. The molecule has 1 saturated heterocycles. The van der Waals surface area contributed by atoms with Crippen molar-refractivity contribution < 1.29 is 0 Å². The highest BCUT2D eigenvalue weighted by atomic mass is 15.2. The monoisotopic (exact) mass is 297 g/mol. The smallest absolute Gasteiger partial charge is 0.0451 e. The zero-order chi connectivity index (χ0) is 15.7. The topological polar surface area (TPSA) is 3.24 Å². The molecule has 120 valence electrons. The van der Waals surface area contributed by atoms with Gasteiger partial charge in [-0.15, -0.1) is 0 Å². The SMILES string of the molecule is C=C1C=CN2C(=C)CCC2(C)C2CCC3(C)C(C)CCC3C12. The van der Waals surface area contributed by atoms with Crippen LogP contribution in [0.15, 0.2) is 36.7 Å². The predicted octanol–water partition coefficient (Wildman–Crippen LogP) is 5.52. The maximum Gasteiger partial charge on any atom is 0.0451 e. The second-order valence-corrected chi connectivity index (χ2v) is 8.95. The van der Waals surface area contributed by atoms with Gasteiger partial charge in [-0.05, 0) is 86.2 Å². The molecule has 2 saturated carbocycles. The van der Waals surface area contributed by atoms with Gasteiger partial charge in [-0.2, -0.15) is 0 Å². The van der Waals surface area contributed by atoms with Gasteiger partial charge in [0.25, 0.3) is 0 Å². The number of rotatable bonds is 0. The van der Waals surface area contributed by atoms with Crippen molar-refractivity contribution in [2.24, 2.45) is 29.1 Å². The molecule has 6 unspecified atom stereocenters. The van der Waals surface area contributed by atoms with Crippen LogP contribution in [0.1, 0.15) is 59.3 Å². The summed E-state index contributed by atoms with van der Waals surface area (Å²) in [6, 6.07) is 0. The first-order chi connectivity index (χ1) is 10.4. The molecule has 1 nitrogen and oxygen atoms in total. The summed E-state index contributed by atoms with van der Waals surface area (Å²) in [4.78, 5) is 2.50. The first kappa shape index (κ1) is 14.6. The van der Waals surface area contributed by atoms with Gasteiger partial charge in [-0.25, -0.2) is 0 Å². The summed E-state index contributed by atoms with van der Waals surface area (Å²) in [5.74, 6) is 3.14. The summed E-state index contributed by atoms with van der Waals surface area (Å²) in [6.45, 7) is 16.4. The molecule has 0 radical (unpaired) electrons. The van der Waals surface area contributed by atoms with Gasteiger partial charge in [0, 0.05) is 17.4 Å². The summed E-state index contributed by atoms with van der Waals surface area (Å²) >= 11 is 0. The molecule has 0 spiro atoms. The van der Waals surface area contributed by atoms with Crippen molar-refractivity contribution in [3.8, 4) is 0 Å². The maximum absolute atomic E-state index is 4.52. The highest BCUT2D eigenvalue weighted by Gasteiger charge is 2.58. The fraction of sp³-hybridized carbons (Fsp3) is 0.714. The van der Waals surface area contributed by atoms with Gasteiger partial charge in [0.1, 0.15) is 0 Å². The molecule has 0 aromatic carbocycles. The third kappa shape index (κ3) is 1.66. The van der Waals surface area contributed by atoms with Gasteiger partial charge in [0.05, 0.1) is 0 Å². The number of nitrogens with zero attached hydrogens (tertiary/aromatic N) is 1. The fourth-order valence-corrected chi connectivity index (χ4v) is 6.54. The minimum atomic E-state index is 0.269. The van der Waals surface area contributed by atoms with Gasteiger partial charge in [-0.1, -0.05) is 27.0 Å². The molecule has 2 heterocycles. The average Bonchev–Trinajstić information content (AvgIpc) is 2.90. The van der Waals surface area contributed by atoms with Crippen molar-refractivity contribution in [3.05, 3.63) is 36.7 Å². The Labute approximate surface area is 136 Å². The Bertz CT molecular complexity index is 558. The van der Waals surface area contributed by atoms with Crippen LogP contribution in [0, 0.1) is 29.1 Å². The Kier molecular flexibility index (Phi) is 3.00. The van der Waals surface area contributed by atoms with Crippen molar-refractivity contribution >= 4 is 0 Å². The number of allylic oxidation sites excluding steroid dienone is 3. The van der Waals surface area contributed by atoms with Crippen molar-refractivity contribution in [1.82, 2.24) is 4.90 Å². The number of hydrogen-bond acceptors (Lipinski definition) is 1. The molecule has 2 aliphatic heterocycles. The van der Waals surface area contributed by atoms with E-state index in [1.165, 1.54) is 43.4 Å². The lowest BCUT2D eigenvalue weighted by Crippen LogP contribution is -2.52. The van der Waals surface area contributed by atoms with Crippen LogP contribution in [0.5, 0.6) is 0 Å². The van der Waals surface area contributed by atoms with E-state index in [-0.39, 0.29) is 5.54 Å². The van der Waals surface area contributed by atoms with E-state index < -0.39 is 0 Å². The van der Waals surface area contributed by atoms with E-state index in [9.17, 15) is 0 Å². The van der Waals surface area contributed by atoms with E-state index in [0.717, 1.165) is 24.2 Å². The molecule has 4 rings (SSSR count). The molecule has 6 atom stereocenters. The average molecular weight is 297 g/mol. The summed E-state index contributed by atoms with van der Waals surface area (Å²) < 4.78 is 0. The Morgan fingerprint density at radius 3 is 2.64 bits per heavy atom. The van der Waals surface area contributed by atoms with E-state index in [1.54, 1.807) is 0 Å². The Balaban J connectivity index is 1.78. The summed E-state index contributed by atoms with van der Waals surface area (Å²) in [5, 5.41) is 0. The Morgan fingerprint density at radius 1 is 1.09 bits per heavy atom. The van der Waals surface area contributed by atoms with Gasteiger partial charge in [0.15, 0.2) is 0 Å². The van der Waals surface area contributed by atoms with Crippen LogP contribution in [-0.4, -0.2) is 10.4 Å². The van der Waals surface area contributed by atoms with Crippen molar-refractivity contribution in [3.63, 3.8) is 0 Å². The molecule has 0 amide bonds. The third-order valence-electron chi connectivity index (χ3n) is 8.22. The van der Waals surface area contributed by atoms with Crippen LogP contribution in [0.3, 0.4) is 0 Å². The lowest BCUT2D eigenvalue weighted by molar-refractivity contribution is -0.0149. The highest BCUT2D eigenvalue weighted by Crippen LogP contribution is 2.64. The Hall–Kier alpha value is -0.980. The summed E-state index contributed by atoms with van der Waals surface area (Å²) in [6.07, 6.45) is 12.6. The van der Waals surface area contributed by atoms with Crippen LogP contribution >= 0.6 is 0 Å². The molecule has 4 aliphatic rings. The normalized spacial score (nSPS) is 50.6. The first-order valence-electron chi connectivity index (χ1n) is 9.22. The van der Waals surface area contributed by atoms with Crippen molar-refractivity contribution in [2.75, 3.05) is 0 Å². The summed E-state index contributed by atoms with van der Waals surface area (Å²) in [5.41, 5.74) is 3.50. The zero-order valence-electron chi connectivity index (χ0n) is 14.6. The Morgan fingerprint density at radius 2 is 1.86 bits per heavy atom. The van der Waals surface area contributed by atoms with Crippen LogP contribution < -0.4 is 0 Å². The molecule has 0 N–H and O–H groups in total. The molecule has 3 fully saturated rings. The van der Waals surface area contributed by atoms with Crippen molar-refractivity contribution in [1.29, 1.82) is 0 Å². The molecule has 22 heavy (non-hydrogen) atoms. The lowest BCUT2D eigenvalue weighted by atomic mass is 9.53. The number of hydrogen-bond donors (Lipinski definition) is 0. The number of fused-ring (bicyclic) bond motifs is 5. The van der Waals surface area contributed by atoms with Crippen LogP contribution in [-0.2, 0) is 0 Å². The van der Waals surface area contributed by atoms with E-state index >= 15 is 0 Å². The van der Waals surface area contributed by atoms with Gasteiger partial charge >= 0.3 is 0 Å². The quantitative estimate of drug-likeness (QED) is 0.569. The van der Waals surface area contributed by atoms with Crippen molar-refractivity contribution in [2.45, 2.75) is 64.8 Å². The summed E-state index contributed by atoms with van der Waals surface area (Å²) in [7, 11) is 0. The molecular formula is C21H31N. The molecule has 1 heteroatoms. The minimum absolute atomic E-state index is 0.269. The van der Waals surface area contributed by atoms with Crippen LogP contribution in [0.25, 0.3) is 0 Å². The largest absolute Gasteiger partial charge is 0.346 e. The molecule has 0 aromatic rings. The van der Waals surface area contributed by atoms with Crippen LogP contribution in [0.4, 0.5) is 0 Å². The fourth-order valence-electron chi connectivity index (χ4n) is 6.54. The molecule has 0 aromatic heterocycles. The predicted molar refractivity (Wildman–Crippen MR) is 93.1 cm³/mol. The van der Waals surface area contributed by atoms with E-state index in [2.05, 4.69) is 51.1 Å². The maximum atomic E-state index is 4.52. The lowest BCUT2D eigenvalue weighted by Gasteiger charge is -2.53. The molecular weight excluding hydrogens is 266 g/mol. The zero-order valence-corrected chi connectivity index (χ0v) is 14.6. The van der Waals surface area contributed by atoms with E-state index in [1.807, 2.05) is 0 Å². The van der Waals surface area contributed by atoms with Crippen LogP contribution in [0.2, 0.25) is 0 Å². The van der Waals surface area contributed by atoms with Gasteiger partial charge in [0.2, 0.25) is 0 Å². The molecule has 0 bridgehead atoms. The molecule has 2 aliphatic carbocycles. The van der Waals surface area contributed by atoms with Gasteiger partial charge < -0.3 is 4.90 Å². The van der Waals surface area contributed by atoms with Gasteiger partial charge in [-0.3, -0.25) is 0 Å². The first-order valence-corrected chi connectivity index (χ1v) is 9.22. The standard InChI is InChI=1S/C21H31N/c1-14-10-13-22-16(3)8-12-21(22,5)18-9-11-20(4)15(2)6-7-17(20)19(14)18/h10,13,15,17-19H,1,3,6-9,11-12H2,2,4-5H3. The second kappa shape index (κ2) is 4.52. The second-order valence-electron chi connectivity index (χ2n) is 8.95. The van der Waals surface area contributed by atoms with E-state index in [4.69, 9.17) is 0 Å². The van der Waals surface area contributed by atoms with E-state index in [0.29, 0.717) is 11.3 Å².